The van der Waals surface area contributed by atoms with Gasteiger partial charge >= 0.3 is 0 Å². The number of hydrogen-bond donors (Lipinski definition) is 3. The summed E-state index contributed by atoms with van der Waals surface area (Å²) in [7, 11) is 0. The smallest absolute Gasteiger partial charge is 0.193 e. The number of benzene rings is 1. The summed E-state index contributed by atoms with van der Waals surface area (Å²) in [4.78, 5) is 11.7. The molecule has 94 valence electrons. The van der Waals surface area contributed by atoms with Crippen molar-refractivity contribution in [2.75, 3.05) is 6.61 Å². The summed E-state index contributed by atoms with van der Waals surface area (Å²) >= 11 is 0. The third-order valence-electron chi connectivity index (χ3n) is 2.45. The van der Waals surface area contributed by atoms with E-state index in [0.717, 1.165) is 5.56 Å². The molecular weight excluding hydrogens is 220 g/mol. The first-order valence-corrected chi connectivity index (χ1v) is 5.49. The van der Waals surface area contributed by atoms with Crippen molar-refractivity contribution in [3.63, 3.8) is 0 Å². The van der Waals surface area contributed by atoms with E-state index >= 15 is 0 Å². The van der Waals surface area contributed by atoms with Crippen LogP contribution in [0.25, 0.3) is 0 Å². The Kier molecular flexibility index (Phi) is 4.40. The highest BCUT2D eigenvalue weighted by atomic mass is 16.3. The second-order valence-corrected chi connectivity index (χ2v) is 4.63. The Morgan fingerprint density at radius 3 is 2.24 bits per heavy atom. The molecule has 4 nitrogen and oxygen atoms in total. The third-order valence-corrected chi connectivity index (χ3v) is 2.45. The van der Waals surface area contributed by atoms with Crippen LogP contribution < -0.4 is 0 Å². The molecule has 0 saturated heterocycles. The van der Waals surface area contributed by atoms with Crippen molar-refractivity contribution < 1.29 is 20.1 Å². The molecule has 0 aliphatic heterocycles. The van der Waals surface area contributed by atoms with E-state index in [1.54, 1.807) is 24.3 Å². The number of hydrogen-bond acceptors (Lipinski definition) is 4. The Morgan fingerprint density at radius 2 is 1.82 bits per heavy atom. The van der Waals surface area contributed by atoms with Crippen molar-refractivity contribution in [3.05, 3.63) is 35.4 Å². The number of carbonyl (C=O) groups excluding carboxylic acids is 1. The zero-order valence-electron chi connectivity index (χ0n) is 10.1. The van der Waals surface area contributed by atoms with Crippen LogP contribution in [-0.4, -0.2) is 39.4 Å². The van der Waals surface area contributed by atoms with Crippen molar-refractivity contribution in [3.8, 4) is 0 Å². The van der Waals surface area contributed by atoms with Gasteiger partial charge in [0.15, 0.2) is 5.78 Å². The van der Waals surface area contributed by atoms with Crippen molar-refractivity contribution in [2.45, 2.75) is 32.0 Å². The zero-order chi connectivity index (χ0) is 13.1. The molecular formula is C13H18O4. The van der Waals surface area contributed by atoms with E-state index < -0.39 is 11.7 Å². The molecule has 0 amide bonds. The number of rotatable bonds is 5. The van der Waals surface area contributed by atoms with Crippen molar-refractivity contribution in [1.82, 2.24) is 0 Å². The first-order chi connectivity index (χ1) is 7.84. The summed E-state index contributed by atoms with van der Waals surface area (Å²) in [6.07, 6.45) is -0.446. The number of Topliss-reactive ketones (excluding diaryl/α,β-unsaturated/α-hetero) is 1. The van der Waals surface area contributed by atoms with Gasteiger partial charge in [-0.05, 0) is 19.4 Å². The molecule has 0 radical (unpaired) electrons. The van der Waals surface area contributed by atoms with E-state index in [0.29, 0.717) is 12.0 Å². The predicted octanol–water partition coefficient (Wildman–Crippen LogP) is 0.536. The fraction of sp³-hybridized carbons (Fsp3) is 0.462. The van der Waals surface area contributed by atoms with Gasteiger partial charge in [0, 0.05) is 12.0 Å². The Balaban J connectivity index is 2.78. The van der Waals surface area contributed by atoms with E-state index in [2.05, 4.69) is 0 Å². The fourth-order valence-electron chi connectivity index (χ4n) is 1.48. The summed E-state index contributed by atoms with van der Waals surface area (Å²) in [6, 6.07) is 6.63. The van der Waals surface area contributed by atoms with Gasteiger partial charge in [0.2, 0.25) is 0 Å². The minimum absolute atomic E-state index is 0.287. The lowest BCUT2D eigenvalue weighted by atomic mass is 9.95. The number of aliphatic hydroxyl groups excluding tert-OH is 2. The van der Waals surface area contributed by atoms with Crippen LogP contribution in [0.1, 0.15) is 29.8 Å². The maximum atomic E-state index is 11.7. The van der Waals surface area contributed by atoms with Crippen LogP contribution in [0.5, 0.6) is 0 Å². The van der Waals surface area contributed by atoms with E-state index in [1.165, 1.54) is 13.8 Å². The quantitative estimate of drug-likeness (QED) is 0.654. The topological polar surface area (TPSA) is 77.8 Å². The zero-order valence-corrected chi connectivity index (χ0v) is 10.1. The molecule has 1 aromatic carbocycles. The van der Waals surface area contributed by atoms with E-state index in [4.69, 9.17) is 5.11 Å². The van der Waals surface area contributed by atoms with E-state index in [9.17, 15) is 15.0 Å². The van der Waals surface area contributed by atoms with Crippen LogP contribution >= 0.6 is 0 Å². The van der Waals surface area contributed by atoms with Gasteiger partial charge < -0.3 is 15.3 Å². The molecule has 0 fully saturated rings. The lowest BCUT2D eigenvalue weighted by Gasteiger charge is -2.15. The molecule has 17 heavy (non-hydrogen) atoms. The SMILES string of the molecule is CC(C)(O)C(=O)c1ccc(CC(O)CO)cc1. The standard InChI is InChI=1S/C13H18O4/c1-13(2,17)12(16)10-5-3-9(4-6-10)7-11(15)8-14/h3-6,11,14-15,17H,7-8H2,1-2H3. The van der Waals surface area contributed by atoms with Gasteiger partial charge in [-0.25, -0.2) is 0 Å². The van der Waals surface area contributed by atoms with E-state index in [1.807, 2.05) is 0 Å². The Labute approximate surface area is 101 Å². The van der Waals surface area contributed by atoms with Crippen LogP contribution in [0.3, 0.4) is 0 Å². The fourth-order valence-corrected chi connectivity index (χ4v) is 1.48. The van der Waals surface area contributed by atoms with Crippen LogP contribution in [-0.2, 0) is 6.42 Å². The monoisotopic (exact) mass is 238 g/mol. The van der Waals surface area contributed by atoms with Gasteiger partial charge in [-0.3, -0.25) is 4.79 Å². The normalized spacial score (nSPS) is 13.5. The summed E-state index contributed by atoms with van der Waals surface area (Å²) < 4.78 is 0. The molecule has 1 rings (SSSR count). The summed E-state index contributed by atoms with van der Waals surface area (Å²) in [5, 5.41) is 27.5. The third kappa shape index (κ3) is 3.93. The van der Waals surface area contributed by atoms with Gasteiger partial charge in [-0.2, -0.15) is 0 Å². The molecule has 0 spiro atoms. The maximum Gasteiger partial charge on any atom is 0.193 e. The average molecular weight is 238 g/mol. The lowest BCUT2D eigenvalue weighted by Crippen LogP contribution is -2.31. The van der Waals surface area contributed by atoms with Crippen LogP contribution in [0.15, 0.2) is 24.3 Å². The van der Waals surface area contributed by atoms with Crippen LogP contribution in [0.4, 0.5) is 0 Å². The van der Waals surface area contributed by atoms with Crippen LogP contribution in [0, 0.1) is 0 Å². The summed E-state index contributed by atoms with van der Waals surface area (Å²) in [5.74, 6) is -0.341. The summed E-state index contributed by atoms with van der Waals surface area (Å²) in [6.45, 7) is 2.60. The molecule has 3 N–H and O–H groups in total. The molecule has 0 aliphatic rings. The first kappa shape index (κ1) is 13.8. The molecule has 1 atom stereocenters. The van der Waals surface area contributed by atoms with Gasteiger partial charge in [0.25, 0.3) is 0 Å². The predicted molar refractivity (Wildman–Crippen MR) is 63.9 cm³/mol. The van der Waals surface area contributed by atoms with Crippen molar-refractivity contribution in [1.29, 1.82) is 0 Å². The highest BCUT2D eigenvalue weighted by Crippen LogP contribution is 2.14. The van der Waals surface area contributed by atoms with Crippen LogP contribution in [0.2, 0.25) is 0 Å². The first-order valence-electron chi connectivity index (χ1n) is 5.49. The van der Waals surface area contributed by atoms with Gasteiger partial charge in [0.05, 0.1) is 12.7 Å². The van der Waals surface area contributed by atoms with Crippen molar-refractivity contribution in [2.24, 2.45) is 0 Å². The molecule has 1 unspecified atom stereocenters. The van der Waals surface area contributed by atoms with Crippen molar-refractivity contribution >= 4 is 5.78 Å². The molecule has 0 aliphatic carbocycles. The highest BCUT2D eigenvalue weighted by molar-refractivity contribution is 6.01. The average Bonchev–Trinajstić information content (AvgIpc) is 2.27. The molecule has 4 heteroatoms. The number of aliphatic hydroxyl groups is 3. The highest BCUT2D eigenvalue weighted by Gasteiger charge is 2.24. The van der Waals surface area contributed by atoms with Gasteiger partial charge in [-0.15, -0.1) is 0 Å². The Hall–Kier alpha value is -1.23. The molecule has 0 bridgehead atoms. The Morgan fingerprint density at radius 1 is 1.29 bits per heavy atom. The van der Waals surface area contributed by atoms with E-state index in [-0.39, 0.29) is 12.4 Å². The minimum atomic E-state index is -1.38. The van der Waals surface area contributed by atoms with Gasteiger partial charge in [-0.1, -0.05) is 24.3 Å². The minimum Gasteiger partial charge on any atom is -0.394 e. The molecule has 1 aromatic rings. The molecule has 0 saturated carbocycles. The maximum absolute atomic E-state index is 11.7. The largest absolute Gasteiger partial charge is 0.394 e. The second-order valence-electron chi connectivity index (χ2n) is 4.63. The van der Waals surface area contributed by atoms with Gasteiger partial charge in [0.1, 0.15) is 5.60 Å². The molecule has 0 heterocycles. The molecule has 0 aromatic heterocycles. The Bertz CT molecular complexity index is 375. The second kappa shape index (κ2) is 5.40. The summed E-state index contributed by atoms with van der Waals surface area (Å²) in [5.41, 5.74) is -0.120. The number of ketones is 1. The lowest BCUT2D eigenvalue weighted by molar-refractivity contribution is 0.0488. The number of carbonyl (C=O) groups is 1.